The van der Waals surface area contributed by atoms with Gasteiger partial charge in [0.15, 0.2) is 23.2 Å². The van der Waals surface area contributed by atoms with Crippen LogP contribution in [0.1, 0.15) is 11.8 Å². The van der Waals surface area contributed by atoms with Gasteiger partial charge in [-0.15, -0.1) is 0 Å². The average molecular weight is 433 g/mol. The van der Waals surface area contributed by atoms with E-state index in [9.17, 15) is 15.3 Å². The number of anilines is 1. The van der Waals surface area contributed by atoms with Crippen LogP contribution in [0.25, 0.3) is 21.6 Å². The van der Waals surface area contributed by atoms with Crippen LogP contribution in [0.3, 0.4) is 0 Å². The third-order valence-electron chi connectivity index (χ3n) is 4.71. The maximum atomic E-state index is 10.3. The lowest BCUT2D eigenvalue weighted by atomic mass is 10.1. The van der Waals surface area contributed by atoms with Crippen molar-refractivity contribution >= 4 is 34.5 Å². The Morgan fingerprint density at radius 1 is 1.23 bits per heavy atom. The molecule has 1 aromatic carbocycles. The molecule has 0 radical (unpaired) electrons. The highest BCUT2D eigenvalue weighted by Crippen LogP contribution is 2.33. The number of imidazole rings is 1. The Morgan fingerprint density at radius 3 is 2.67 bits per heavy atom. The largest absolute Gasteiger partial charge is 0.394 e. The molecule has 0 aliphatic carbocycles. The zero-order valence-corrected chi connectivity index (χ0v) is 16.1. The summed E-state index contributed by atoms with van der Waals surface area (Å²) in [4.78, 5) is 15.4. The predicted octanol–water partition coefficient (Wildman–Crippen LogP) is 1.65. The number of azide groups is 1. The van der Waals surface area contributed by atoms with E-state index in [1.54, 1.807) is 12.1 Å². The zero-order valence-electron chi connectivity index (χ0n) is 15.4. The summed E-state index contributed by atoms with van der Waals surface area (Å²) < 4.78 is 6.94. The monoisotopic (exact) mass is 432 g/mol. The van der Waals surface area contributed by atoms with Crippen LogP contribution in [0.5, 0.6) is 0 Å². The Bertz CT molecular complexity index is 1100. The summed E-state index contributed by atoms with van der Waals surface area (Å²) in [6.45, 7) is -0.0755. The van der Waals surface area contributed by atoms with Crippen LogP contribution in [-0.4, -0.2) is 59.8 Å². The van der Waals surface area contributed by atoms with Crippen LogP contribution in [-0.2, 0) is 11.3 Å². The number of nitrogens with zero attached hydrogens (tertiary/aromatic N) is 7. The van der Waals surface area contributed by atoms with Crippen molar-refractivity contribution in [1.82, 2.24) is 19.5 Å². The molecule has 13 heteroatoms. The van der Waals surface area contributed by atoms with Crippen LogP contribution in [0.4, 0.5) is 11.8 Å². The molecule has 1 saturated heterocycles. The van der Waals surface area contributed by atoms with E-state index in [0.29, 0.717) is 22.9 Å². The fourth-order valence-corrected chi connectivity index (χ4v) is 3.32. The molecule has 0 saturated carbocycles. The van der Waals surface area contributed by atoms with E-state index in [1.165, 1.54) is 10.9 Å². The van der Waals surface area contributed by atoms with Gasteiger partial charge in [-0.3, -0.25) is 4.57 Å². The summed E-state index contributed by atoms with van der Waals surface area (Å²) in [5.41, 5.74) is 10.3. The number of benzene rings is 1. The van der Waals surface area contributed by atoms with E-state index < -0.39 is 31.1 Å². The number of hydrogen-bond acceptors (Lipinski definition) is 9. The SMILES string of the molecule is [N-]=[N+]=Nc1nc(NCc2ccc(Cl)cc2)c2ncn([C@@H]3O[C@H](CO)[C@H](O)[C@@H]3O)c2n1. The Balaban J connectivity index is 1.71. The summed E-state index contributed by atoms with van der Waals surface area (Å²) in [5, 5.41) is 36.9. The van der Waals surface area contributed by atoms with Crippen LogP contribution < -0.4 is 5.32 Å². The fourth-order valence-electron chi connectivity index (χ4n) is 3.20. The molecule has 0 amide bonds. The molecule has 0 unspecified atom stereocenters. The third-order valence-corrected chi connectivity index (χ3v) is 4.96. The normalized spacial score (nSPS) is 23.5. The lowest BCUT2D eigenvalue weighted by Gasteiger charge is -2.16. The standard InChI is InChI=1S/C17H17ClN8O4/c18-9-3-1-8(2-4-9)5-20-14-11-15(23-17(22-14)24-25-19)26(7-21-11)16-13(29)12(28)10(6-27)30-16/h1-4,7,10,12-13,16,27-29H,5-6H2,(H,20,22,23)/t10-,12+,13+,16-/m1/s1. The Labute approximate surface area is 174 Å². The van der Waals surface area contributed by atoms with Gasteiger partial charge in [-0.25, -0.2) is 15.0 Å². The number of fused-ring (bicyclic) bond motifs is 1. The van der Waals surface area contributed by atoms with Crippen molar-refractivity contribution in [1.29, 1.82) is 0 Å². The molecular formula is C17H17ClN8O4. The minimum absolute atomic E-state index is 0.155. The maximum Gasteiger partial charge on any atom is 0.220 e. The molecule has 30 heavy (non-hydrogen) atoms. The number of aliphatic hydroxyl groups excluding tert-OH is 3. The number of aliphatic hydroxyl groups is 3. The number of ether oxygens (including phenoxy) is 1. The van der Waals surface area contributed by atoms with Gasteiger partial charge in [0.25, 0.3) is 0 Å². The van der Waals surface area contributed by atoms with E-state index in [2.05, 4.69) is 30.3 Å². The summed E-state index contributed by atoms with van der Waals surface area (Å²) in [6.07, 6.45) is -3.22. The molecule has 156 valence electrons. The van der Waals surface area contributed by atoms with Crippen LogP contribution >= 0.6 is 11.6 Å². The summed E-state index contributed by atoms with van der Waals surface area (Å²) in [7, 11) is 0. The molecule has 12 nitrogen and oxygen atoms in total. The van der Waals surface area contributed by atoms with Gasteiger partial charge in [0, 0.05) is 16.5 Å². The Hall–Kier alpha value is -2.99. The molecule has 1 aliphatic rings. The molecular weight excluding hydrogens is 416 g/mol. The molecule has 4 rings (SSSR count). The first-order valence-corrected chi connectivity index (χ1v) is 9.30. The first-order valence-electron chi connectivity index (χ1n) is 8.92. The second-order valence-electron chi connectivity index (χ2n) is 6.59. The van der Waals surface area contributed by atoms with E-state index in [-0.39, 0.29) is 11.6 Å². The van der Waals surface area contributed by atoms with Crippen molar-refractivity contribution in [2.24, 2.45) is 5.11 Å². The summed E-state index contributed by atoms with van der Waals surface area (Å²) in [5.74, 6) is 0.153. The van der Waals surface area contributed by atoms with Crippen molar-refractivity contribution in [3.8, 4) is 0 Å². The topological polar surface area (TPSA) is 174 Å². The molecule has 1 aliphatic heterocycles. The van der Waals surface area contributed by atoms with Crippen molar-refractivity contribution in [2.45, 2.75) is 31.1 Å². The minimum Gasteiger partial charge on any atom is -0.394 e. The van der Waals surface area contributed by atoms with Gasteiger partial charge in [0.1, 0.15) is 18.3 Å². The fraction of sp³-hybridized carbons (Fsp3) is 0.353. The van der Waals surface area contributed by atoms with Crippen LogP contribution in [0, 0.1) is 0 Å². The molecule has 3 aromatic rings. The lowest BCUT2D eigenvalue weighted by molar-refractivity contribution is -0.0511. The smallest absolute Gasteiger partial charge is 0.220 e. The van der Waals surface area contributed by atoms with Crippen molar-refractivity contribution in [2.75, 3.05) is 11.9 Å². The van der Waals surface area contributed by atoms with E-state index in [4.69, 9.17) is 21.9 Å². The van der Waals surface area contributed by atoms with Gasteiger partial charge in [-0.05, 0) is 28.3 Å². The number of rotatable bonds is 6. The minimum atomic E-state index is -1.32. The Morgan fingerprint density at radius 2 is 2.00 bits per heavy atom. The second kappa shape index (κ2) is 8.40. The number of hydrogen-bond donors (Lipinski definition) is 4. The quantitative estimate of drug-likeness (QED) is 0.258. The van der Waals surface area contributed by atoms with Crippen molar-refractivity contribution in [3.63, 3.8) is 0 Å². The average Bonchev–Trinajstić information content (AvgIpc) is 3.29. The van der Waals surface area contributed by atoms with Crippen LogP contribution in [0.2, 0.25) is 5.02 Å². The first kappa shape index (κ1) is 20.3. The molecule has 4 N–H and O–H groups in total. The van der Waals surface area contributed by atoms with Gasteiger partial charge < -0.3 is 25.4 Å². The molecule has 4 atom stereocenters. The summed E-state index contributed by atoms with van der Waals surface area (Å²) >= 11 is 5.90. The molecule has 0 bridgehead atoms. The lowest BCUT2D eigenvalue weighted by Crippen LogP contribution is -2.33. The number of halogens is 1. The first-order chi connectivity index (χ1) is 14.5. The second-order valence-corrected chi connectivity index (χ2v) is 7.03. The molecule has 2 aromatic heterocycles. The third kappa shape index (κ3) is 3.75. The van der Waals surface area contributed by atoms with Crippen molar-refractivity contribution in [3.05, 3.63) is 51.6 Å². The van der Waals surface area contributed by atoms with Gasteiger partial charge in [0.05, 0.1) is 12.9 Å². The Kier molecular flexibility index (Phi) is 5.68. The van der Waals surface area contributed by atoms with Gasteiger partial charge in [-0.2, -0.15) is 0 Å². The van der Waals surface area contributed by atoms with Crippen molar-refractivity contribution < 1.29 is 20.1 Å². The molecule has 0 spiro atoms. The highest BCUT2D eigenvalue weighted by molar-refractivity contribution is 6.30. The number of nitrogens with one attached hydrogen (secondary N) is 1. The van der Waals surface area contributed by atoms with E-state index in [0.717, 1.165) is 5.56 Å². The van der Waals surface area contributed by atoms with Gasteiger partial charge >= 0.3 is 0 Å². The maximum absolute atomic E-state index is 10.3. The van der Waals surface area contributed by atoms with Crippen LogP contribution in [0.15, 0.2) is 35.7 Å². The van der Waals surface area contributed by atoms with Gasteiger partial charge in [-0.1, -0.05) is 23.7 Å². The van der Waals surface area contributed by atoms with E-state index in [1.807, 2.05) is 12.1 Å². The zero-order chi connectivity index (χ0) is 21.3. The van der Waals surface area contributed by atoms with E-state index >= 15 is 0 Å². The molecule has 1 fully saturated rings. The number of aromatic nitrogens is 4. The molecule has 3 heterocycles. The predicted molar refractivity (Wildman–Crippen MR) is 106 cm³/mol. The summed E-state index contributed by atoms with van der Waals surface area (Å²) in [6, 6.07) is 7.21. The van der Waals surface area contributed by atoms with Gasteiger partial charge in [0.2, 0.25) is 5.95 Å². The highest BCUT2D eigenvalue weighted by Gasteiger charge is 2.44. The highest BCUT2D eigenvalue weighted by atomic mass is 35.5.